The molecule has 0 radical (unpaired) electrons. The Kier molecular flexibility index (Phi) is 2.39. The van der Waals surface area contributed by atoms with Crippen LogP contribution >= 0.6 is 0 Å². The SMILES string of the molecule is CC(C)(C)c1ccc(-c2ccco2)cc1. The van der Waals surface area contributed by atoms with Gasteiger partial charge in [0.2, 0.25) is 0 Å². The zero-order chi connectivity index (χ0) is 10.9. The molecular weight excluding hydrogens is 184 g/mol. The predicted molar refractivity (Wildman–Crippen MR) is 62.8 cm³/mol. The Bertz CT molecular complexity index is 415. The van der Waals surface area contributed by atoms with Crippen molar-refractivity contribution in [3.63, 3.8) is 0 Å². The number of benzene rings is 1. The third-order valence-corrected chi connectivity index (χ3v) is 2.56. The summed E-state index contributed by atoms with van der Waals surface area (Å²) in [5, 5.41) is 0. The maximum absolute atomic E-state index is 5.35. The molecule has 0 amide bonds. The molecule has 0 fully saturated rings. The summed E-state index contributed by atoms with van der Waals surface area (Å²) >= 11 is 0. The van der Waals surface area contributed by atoms with Gasteiger partial charge in [-0.15, -0.1) is 0 Å². The van der Waals surface area contributed by atoms with E-state index in [2.05, 4.69) is 45.0 Å². The van der Waals surface area contributed by atoms with E-state index in [-0.39, 0.29) is 5.41 Å². The molecule has 1 nitrogen and oxygen atoms in total. The second kappa shape index (κ2) is 3.58. The van der Waals surface area contributed by atoms with Crippen molar-refractivity contribution in [3.05, 3.63) is 48.2 Å². The highest BCUT2D eigenvalue weighted by Crippen LogP contribution is 2.26. The van der Waals surface area contributed by atoms with Crippen LogP contribution in [0.15, 0.2) is 47.1 Å². The van der Waals surface area contributed by atoms with Crippen molar-refractivity contribution in [3.8, 4) is 11.3 Å². The van der Waals surface area contributed by atoms with Crippen LogP contribution in [0.25, 0.3) is 11.3 Å². The Labute approximate surface area is 90.7 Å². The van der Waals surface area contributed by atoms with E-state index in [1.165, 1.54) is 5.56 Å². The molecule has 0 aliphatic heterocycles. The molecule has 15 heavy (non-hydrogen) atoms. The van der Waals surface area contributed by atoms with Gasteiger partial charge in [-0.25, -0.2) is 0 Å². The summed E-state index contributed by atoms with van der Waals surface area (Å²) in [5.74, 6) is 0.926. The third kappa shape index (κ3) is 2.12. The largest absolute Gasteiger partial charge is 0.464 e. The van der Waals surface area contributed by atoms with Gasteiger partial charge >= 0.3 is 0 Å². The van der Waals surface area contributed by atoms with Crippen molar-refractivity contribution in [1.82, 2.24) is 0 Å². The zero-order valence-electron chi connectivity index (χ0n) is 9.45. The summed E-state index contributed by atoms with van der Waals surface area (Å²) in [6.07, 6.45) is 1.70. The minimum atomic E-state index is 0.210. The maximum Gasteiger partial charge on any atom is 0.133 e. The Hall–Kier alpha value is -1.50. The van der Waals surface area contributed by atoms with Gasteiger partial charge in [0, 0.05) is 5.56 Å². The molecule has 0 saturated heterocycles. The normalized spacial score (nSPS) is 11.7. The molecule has 0 unspecified atom stereocenters. The van der Waals surface area contributed by atoms with E-state index in [4.69, 9.17) is 4.42 Å². The molecular formula is C14H16O. The number of furan rings is 1. The Morgan fingerprint density at radius 2 is 1.60 bits per heavy atom. The van der Waals surface area contributed by atoms with Crippen LogP contribution in [0.4, 0.5) is 0 Å². The maximum atomic E-state index is 5.35. The van der Waals surface area contributed by atoms with Crippen LogP contribution in [0.5, 0.6) is 0 Å². The molecule has 1 aromatic heterocycles. The van der Waals surface area contributed by atoms with Crippen molar-refractivity contribution in [2.24, 2.45) is 0 Å². The molecule has 1 aromatic carbocycles. The average molecular weight is 200 g/mol. The highest BCUT2D eigenvalue weighted by Gasteiger charge is 2.13. The lowest BCUT2D eigenvalue weighted by atomic mass is 9.86. The first-order valence-corrected chi connectivity index (χ1v) is 5.22. The number of hydrogen-bond donors (Lipinski definition) is 0. The highest BCUT2D eigenvalue weighted by molar-refractivity contribution is 5.57. The molecule has 2 aromatic rings. The number of hydrogen-bond acceptors (Lipinski definition) is 1. The van der Waals surface area contributed by atoms with Gasteiger partial charge in [0.25, 0.3) is 0 Å². The minimum Gasteiger partial charge on any atom is -0.464 e. The van der Waals surface area contributed by atoms with E-state index >= 15 is 0 Å². The van der Waals surface area contributed by atoms with Crippen LogP contribution in [-0.2, 0) is 5.41 Å². The molecule has 0 saturated carbocycles. The van der Waals surface area contributed by atoms with Crippen molar-refractivity contribution < 1.29 is 4.42 Å². The van der Waals surface area contributed by atoms with Gasteiger partial charge in [-0.3, -0.25) is 0 Å². The molecule has 0 spiro atoms. The average Bonchev–Trinajstić information content (AvgIpc) is 2.69. The molecule has 0 aliphatic rings. The number of rotatable bonds is 1. The standard InChI is InChI=1S/C14H16O/c1-14(2,3)12-8-6-11(7-9-12)13-5-4-10-15-13/h4-10H,1-3H3. The van der Waals surface area contributed by atoms with Crippen molar-refractivity contribution in [2.75, 3.05) is 0 Å². The van der Waals surface area contributed by atoms with Gasteiger partial charge in [-0.2, -0.15) is 0 Å². The lowest BCUT2D eigenvalue weighted by Crippen LogP contribution is -2.10. The fourth-order valence-electron chi connectivity index (χ4n) is 1.58. The van der Waals surface area contributed by atoms with Crippen molar-refractivity contribution >= 4 is 0 Å². The first-order valence-electron chi connectivity index (χ1n) is 5.22. The van der Waals surface area contributed by atoms with Crippen LogP contribution in [0.2, 0.25) is 0 Å². The summed E-state index contributed by atoms with van der Waals surface area (Å²) in [5.41, 5.74) is 2.69. The second-order valence-corrected chi connectivity index (χ2v) is 4.80. The van der Waals surface area contributed by atoms with Crippen LogP contribution in [-0.4, -0.2) is 0 Å². The van der Waals surface area contributed by atoms with Gasteiger partial charge < -0.3 is 4.42 Å². The molecule has 1 heterocycles. The van der Waals surface area contributed by atoms with Crippen LogP contribution < -0.4 is 0 Å². The first kappa shape index (κ1) is 10.0. The lowest BCUT2D eigenvalue weighted by molar-refractivity contribution is 0.580. The summed E-state index contributed by atoms with van der Waals surface area (Å²) in [6, 6.07) is 12.4. The summed E-state index contributed by atoms with van der Waals surface area (Å²) < 4.78 is 5.35. The van der Waals surface area contributed by atoms with E-state index in [9.17, 15) is 0 Å². The second-order valence-electron chi connectivity index (χ2n) is 4.80. The first-order chi connectivity index (χ1) is 7.07. The van der Waals surface area contributed by atoms with Gasteiger partial charge in [0.05, 0.1) is 6.26 Å². The van der Waals surface area contributed by atoms with E-state index in [1.54, 1.807) is 6.26 Å². The Morgan fingerprint density at radius 1 is 0.933 bits per heavy atom. The molecule has 1 heteroatoms. The molecule has 78 valence electrons. The van der Waals surface area contributed by atoms with Crippen molar-refractivity contribution in [1.29, 1.82) is 0 Å². The fourth-order valence-corrected chi connectivity index (χ4v) is 1.58. The lowest BCUT2D eigenvalue weighted by Gasteiger charge is -2.18. The smallest absolute Gasteiger partial charge is 0.133 e. The molecule has 0 atom stereocenters. The predicted octanol–water partition coefficient (Wildman–Crippen LogP) is 4.24. The summed E-state index contributed by atoms with van der Waals surface area (Å²) in [7, 11) is 0. The molecule has 2 rings (SSSR count). The van der Waals surface area contributed by atoms with Gasteiger partial charge in [-0.1, -0.05) is 45.0 Å². The molecule has 0 N–H and O–H groups in total. The van der Waals surface area contributed by atoms with Gasteiger partial charge in [0.15, 0.2) is 0 Å². The monoisotopic (exact) mass is 200 g/mol. The van der Waals surface area contributed by atoms with E-state index < -0.39 is 0 Å². The van der Waals surface area contributed by atoms with Gasteiger partial charge in [0.1, 0.15) is 5.76 Å². The molecule has 0 aliphatic carbocycles. The van der Waals surface area contributed by atoms with Crippen LogP contribution in [0, 0.1) is 0 Å². The summed E-state index contributed by atoms with van der Waals surface area (Å²) in [4.78, 5) is 0. The van der Waals surface area contributed by atoms with Crippen LogP contribution in [0.1, 0.15) is 26.3 Å². The highest BCUT2D eigenvalue weighted by atomic mass is 16.3. The topological polar surface area (TPSA) is 13.1 Å². The zero-order valence-corrected chi connectivity index (χ0v) is 9.45. The van der Waals surface area contributed by atoms with Gasteiger partial charge in [-0.05, 0) is 23.1 Å². The summed E-state index contributed by atoms with van der Waals surface area (Å²) in [6.45, 7) is 6.65. The van der Waals surface area contributed by atoms with E-state index in [0.717, 1.165) is 11.3 Å². The van der Waals surface area contributed by atoms with E-state index in [1.807, 2.05) is 12.1 Å². The fraction of sp³-hybridized carbons (Fsp3) is 0.286. The third-order valence-electron chi connectivity index (χ3n) is 2.56. The quantitative estimate of drug-likeness (QED) is 0.671. The molecule has 0 bridgehead atoms. The minimum absolute atomic E-state index is 0.210. The van der Waals surface area contributed by atoms with Crippen LogP contribution in [0.3, 0.4) is 0 Å². The van der Waals surface area contributed by atoms with Crippen molar-refractivity contribution in [2.45, 2.75) is 26.2 Å². The Morgan fingerprint density at radius 3 is 2.07 bits per heavy atom. The Balaban J connectivity index is 2.33. The van der Waals surface area contributed by atoms with E-state index in [0.29, 0.717) is 0 Å².